The van der Waals surface area contributed by atoms with Gasteiger partial charge in [0.05, 0.1) is 20.8 Å². The highest BCUT2D eigenvalue weighted by molar-refractivity contribution is 5.89. The molecule has 1 aromatic carbocycles. The molecule has 0 fully saturated rings. The van der Waals surface area contributed by atoms with Gasteiger partial charge >= 0.3 is 12.0 Å². The number of carbonyl (C=O) groups is 2. The van der Waals surface area contributed by atoms with Gasteiger partial charge in [0, 0.05) is 18.3 Å². The maximum atomic E-state index is 12.7. The van der Waals surface area contributed by atoms with Crippen molar-refractivity contribution in [3.8, 4) is 5.75 Å². The van der Waals surface area contributed by atoms with E-state index in [1.54, 1.807) is 36.3 Å². The molecule has 0 aliphatic carbocycles. The van der Waals surface area contributed by atoms with Gasteiger partial charge in [-0.05, 0) is 24.5 Å². The Labute approximate surface area is 158 Å². The van der Waals surface area contributed by atoms with Gasteiger partial charge in [-0.2, -0.15) is 0 Å². The van der Waals surface area contributed by atoms with E-state index >= 15 is 0 Å². The van der Waals surface area contributed by atoms with Crippen molar-refractivity contribution >= 4 is 17.7 Å². The number of oxazole rings is 1. The molecule has 27 heavy (non-hydrogen) atoms. The molecule has 8 heteroatoms. The summed E-state index contributed by atoms with van der Waals surface area (Å²) in [5.74, 6) is 0.753. The first-order chi connectivity index (χ1) is 12.9. The van der Waals surface area contributed by atoms with Crippen molar-refractivity contribution in [3.05, 3.63) is 42.1 Å². The number of urea groups is 1. The van der Waals surface area contributed by atoms with Crippen LogP contribution >= 0.6 is 0 Å². The molecule has 2 aromatic rings. The average Bonchev–Trinajstić information content (AvgIpc) is 3.13. The van der Waals surface area contributed by atoms with Crippen LogP contribution in [0.5, 0.6) is 5.75 Å². The Balaban J connectivity index is 2.11. The van der Waals surface area contributed by atoms with Crippen molar-refractivity contribution in [1.29, 1.82) is 0 Å². The molecule has 0 saturated carbocycles. The van der Waals surface area contributed by atoms with Crippen molar-refractivity contribution in [2.75, 3.05) is 26.1 Å². The van der Waals surface area contributed by atoms with E-state index in [4.69, 9.17) is 9.15 Å². The van der Waals surface area contributed by atoms with Gasteiger partial charge in [-0.15, -0.1) is 0 Å². The van der Waals surface area contributed by atoms with E-state index in [-0.39, 0.29) is 24.2 Å². The molecule has 1 aromatic heterocycles. The SMILES string of the molecule is COC(=O)c1coc(CN(CCC(C)C)C(=O)Nc2cccc(OC)c2)n1. The van der Waals surface area contributed by atoms with Crippen LogP contribution in [0, 0.1) is 5.92 Å². The largest absolute Gasteiger partial charge is 0.497 e. The number of amides is 2. The number of rotatable bonds is 8. The third-order valence-corrected chi connectivity index (χ3v) is 3.86. The van der Waals surface area contributed by atoms with Crippen LogP contribution in [-0.2, 0) is 11.3 Å². The molecule has 0 bridgehead atoms. The highest BCUT2D eigenvalue weighted by Gasteiger charge is 2.19. The van der Waals surface area contributed by atoms with Crippen LogP contribution < -0.4 is 10.1 Å². The third-order valence-electron chi connectivity index (χ3n) is 3.86. The summed E-state index contributed by atoms with van der Waals surface area (Å²) in [4.78, 5) is 29.9. The van der Waals surface area contributed by atoms with Crippen LogP contribution in [0.3, 0.4) is 0 Å². The van der Waals surface area contributed by atoms with E-state index in [1.807, 2.05) is 0 Å². The van der Waals surface area contributed by atoms with E-state index in [0.29, 0.717) is 23.9 Å². The zero-order chi connectivity index (χ0) is 19.8. The zero-order valence-electron chi connectivity index (χ0n) is 16.0. The number of benzene rings is 1. The Kier molecular flexibility index (Phi) is 7.22. The second-order valence-electron chi connectivity index (χ2n) is 6.38. The first kappa shape index (κ1) is 20.3. The van der Waals surface area contributed by atoms with Crippen molar-refractivity contribution in [2.45, 2.75) is 26.8 Å². The zero-order valence-corrected chi connectivity index (χ0v) is 16.0. The molecule has 1 N–H and O–H groups in total. The van der Waals surface area contributed by atoms with Crippen LogP contribution in [0.25, 0.3) is 0 Å². The lowest BCUT2D eigenvalue weighted by Gasteiger charge is -2.22. The smallest absolute Gasteiger partial charge is 0.360 e. The van der Waals surface area contributed by atoms with Crippen molar-refractivity contribution in [1.82, 2.24) is 9.88 Å². The number of carbonyl (C=O) groups excluding carboxylic acids is 2. The number of hydrogen-bond donors (Lipinski definition) is 1. The summed E-state index contributed by atoms with van der Waals surface area (Å²) in [6.07, 6.45) is 2.04. The van der Waals surface area contributed by atoms with E-state index in [1.165, 1.54) is 13.4 Å². The number of nitrogens with zero attached hydrogens (tertiary/aromatic N) is 2. The fraction of sp³-hybridized carbons (Fsp3) is 0.421. The molecular weight excluding hydrogens is 350 g/mol. The van der Waals surface area contributed by atoms with Gasteiger partial charge in [-0.1, -0.05) is 19.9 Å². The van der Waals surface area contributed by atoms with E-state index in [9.17, 15) is 9.59 Å². The molecule has 8 nitrogen and oxygen atoms in total. The molecule has 0 atom stereocenters. The van der Waals surface area contributed by atoms with E-state index < -0.39 is 5.97 Å². The summed E-state index contributed by atoms with van der Waals surface area (Å²) in [6, 6.07) is 6.82. The molecule has 0 saturated heterocycles. The van der Waals surface area contributed by atoms with Gasteiger partial charge < -0.3 is 24.1 Å². The first-order valence-corrected chi connectivity index (χ1v) is 8.65. The predicted octanol–water partition coefficient (Wildman–Crippen LogP) is 3.55. The number of aromatic nitrogens is 1. The first-order valence-electron chi connectivity index (χ1n) is 8.65. The van der Waals surface area contributed by atoms with Crippen molar-refractivity contribution in [3.63, 3.8) is 0 Å². The summed E-state index contributed by atoms with van der Waals surface area (Å²) in [6.45, 7) is 4.82. The Morgan fingerprint density at radius 2 is 2.07 bits per heavy atom. The third kappa shape index (κ3) is 6.02. The Morgan fingerprint density at radius 3 is 2.74 bits per heavy atom. The normalized spacial score (nSPS) is 10.6. The highest BCUT2D eigenvalue weighted by Crippen LogP contribution is 2.18. The molecule has 2 rings (SSSR count). The minimum atomic E-state index is -0.584. The molecule has 0 spiro atoms. The molecule has 2 amide bonds. The summed E-state index contributed by atoms with van der Waals surface area (Å²) in [5, 5.41) is 2.85. The second-order valence-corrected chi connectivity index (χ2v) is 6.38. The predicted molar refractivity (Wildman–Crippen MR) is 99.7 cm³/mol. The lowest BCUT2D eigenvalue weighted by molar-refractivity contribution is 0.0594. The minimum Gasteiger partial charge on any atom is -0.497 e. The Bertz CT molecular complexity index is 772. The number of ether oxygens (including phenoxy) is 2. The van der Waals surface area contributed by atoms with Gasteiger partial charge in [0.2, 0.25) is 5.89 Å². The number of methoxy groups -OCH3 is 2. The van der Waals surface area contributed by atoms with Gasteiger partial charge in [0.15, 0.2) is 5.69 Å². The van der Waals surface area contributed by atoms with Gasteiger partial charge in [0.1, 0.15) is 12.0 Å². The quantitative estimate of drug-likeness (QED) is 0.709. The maximum absolute atomic E-state index is 12.7. The molecule has 0 radical (unpaired) electrons. The monoisotopic (exact) mass is 375 g/mol. The summed E-state index contributed by atoms with van der Waals surface area (Å²) >= 11 is 0. The summed E-state index contributed by atoms with van der Waals surface area (Å²) in [7, 11) is 2.84. The molecule has 146 valence electrons. The van der Waals surface area contributed by atoms with Crippen LogP contribution in [0.15, 0.2) is 34.9 Å². The Hall–Kier alpha value is -3.03. The number of anilines is 1. The summed E-state index contributed by atoms with van der Waals surface area (Å²) in [5.41, 5.74) is 0.695. The fourth-order valence-corrected chi connectivity index (χ4v) is 2.31. The molecule has 0 aliphatic rings. The van der Waals surface area contributed by atoms with Crippen LogP contribution in [0.1, 0.15) is 36.6 Å². The lowest BCUT2D eigenvalue weighted by Crippen LogP contribution is -2.36. The topological polar surface area (TPSA) is 93.9 Å². The van der Waals surface area contributed by atoms with Crippen LogP contribution in [0.4, 0.5) is 10.5 Å². The number of esters is 1. The fourth-order valence-electron chi connectivity index (χ4n) is 2.31. The molecular formula is C19H25N3O5. The number of nitrogens with one attached hydrogen (secondary N) is 1. The lowest BCUT2D eigenvalue weighted by atomic mass is 10.1. The summed E-state index contributed by atoms with van der Waals surface area (Å²) < 4.78 is 15.1. The molecule has 0 aliphatic heterocycles. The Morgan fingerprint density at radius 1 is 1.30 bits per heavy atom. The van der Waals surface area contributed by atoms with Crippen molar-refractivity contribution in [2.24, 2.45) is 5.92 Å². The van der Waals surface area contributed by atoms with Crippen LogP contribution in [0.2, 0.25) is 0 Å². The van der Waals surface area contributed by atoms with Gasteiger partial charge in [-0.25, -0.2) is 14.6 Å². The second kappa shape index (κ2) is 9.61. The van der Waals surface area contributed by atoms with E-state index in [0.717, 1.165) is 6.42 Å². The number of hydrogen-bond acceptors (Lipinski definition) is 6. The van der Waals surface area contributed by atoms with Crippen molar-refractivity contribution < 1.29 is 23.5 Å². The maximum Gasteiger partial charge on any atom is 0.360 e. The molecule has 0 unspecified atom stereocenters. The van der Waals surface area contributed by atoms with Gasteiger partial charge in [-0.3, -0.25) is 0 Å². The van der Waals surface area contributed by atoms with E-state index in [2.05, 4.69) is 28.9 Å². The standard InChI is InChI=1S/C19H25N3O5/c1-13(2)8-9-22(11-17-21-16(12-27-17)18(23)26-4)19(24)20-14-6-5-7-15(10-14)25-3/h5-7,10,12-13H,8-9,11H2,1-4H3,(H,20,24). The molecule has 1 heterocycles. The highest BCUT2D eigenvalue weighted by atomic mass is 16.5. The van der Waals surface area contributed by atoms with Gasteiger partial charge in [0.25, 0.3) is 0 Å². The average molecular weight is 375 g/mol. The van der Waals surface area contributed by atoms with Crippen LogP contribution in [-0.4, -0.2) is 42.6 Å². The minimum absolute atomic E-state index is 0.0736.